The molecule has 2 aromatic heterocycles. The average molecular weight is 615 g/mol. The van der Waals surface area contributed by atoms with Crippen molar-refractivity contribution >= 4 is 17.5 Å². The van der Waals surface area contributed by atoms with Crippen LogP contribution >= 0.6 is 0 Å². The van der Waals surface area contributed by atoms with Crippen LogP contribution in [0.2, 0.25) is 0 Å². The molecule has 238 valence electrons. The van der Waals surface area contributed by atoms with Gasteiger partial charge in [0.25, 0.3) is 5.91 Å². The third kappa shape index (κ3) is 5.28. The van der Waals surface area contributed by atoms with Crippen molar-refractivity contribution in [2.24, 2.45) is 10.8 Å². The first-order valence-corrected chi connectivity index (χ1v) is 15.7. The summed E-state index contributed by atoms with van der Waals surface area (Å²) in [7, 11) is 2.00. The van der Waals surface area contributed by atoms with Gasteiger partial charge in [-0.1, -0.05) is 6.92 Å². The van der Waals surface area contributed by atoms with Crippen LogP contribution in [-0.2, 0) is 4.79 Å². The molecule has 2 aliphatic heterocycles. The Morgan fingerprint density at radius 3 is 2.45 bits per heavy atom. The van der Waals surface area contributed by atoms with E-state index in [9.17, 15) is 22.8 Å². The van der Waals surface area contributed by atoms with Crippen LogP contribution in [0.5, 0.6) is 5.88 Å². The number of pyridine rings is 2. The van der Waals surface area contributed by atoms with Crippen molar-refractivity contribution in [2.45, 2.75) is 70.6 Å². The van der Waals surface area contributed by atoms with Gasteiger partial charge in [0.05, 0.1) is 40.4 Å². The molecule has 0 spiro atoms. The van der Waals surface area contributed by atoms with Crippen LogP contribution in [0, 0.1) is 10.8 Å². The predicted octanol–water partition coefficient (Wildman–Crippen LogP) is 4.53. The quantitative estimate of drug-likeness (QED) is 0.468. The van der Waals surface area contributed by atoms with Crippen LogP contribution in [0.3, 0.4) is 0 Å². The van der Waals surface area contributed by atoms with Gasteiger partial charge in [0.1, 0.15) is 0 Å². The van der Waals surface area contributed by atoms with Gasteiger partial charge in [0, 0.05) is 45.0 Å². The van der Waals surface area contributed by atoms with E-state index in [0.29, 0.717) is 74.0 Å². The number of carbonyl (C=O) groups is 2. The van der Waals surface area contributed by atoms with E-state index < -0.39 is 17.0 Å². The highest BCUT2D eigenvalue weighted by molar-refractivity contribution is 5.99. The Kier molecular flexibility index (Phi) is 8.00. The number of nitrogens with zero attached hydrogens (tertiary/aromatic N) is 5. The number of hydrogen-bond donors (Lipinski definition) is 1. The molecule has 4 heterocycles. The number of nitrogens with one attached hydrogen (secondary N) is 1. The van der Waals surface area contributed by atoms with Gasteiger partial charge in [0.2, 0.25) is 11.8 Å². The number of fused-ring (bicyclic) bond motifs is 2. The van der Waals surface area contributed by atoms with Crippen molar-refractivity contribution in [3.05, 3.63) is 36.2 Å². The molecule has 0 radical (unpaired) electrons. The summed E-state index contributed by atoms with van der Waals surface area (Å²) in [6.45, 7) is 7.08. The maximum Gasteiger partial charge on any atom is 0.394 e. The highest BCUT2D eigenvalue weighted by Crippen LogP contribution is 2.67. The number of likely N-dealkylation sites (N-methyl/N-ethyl adjacent to an activating group) is 1. The molecule has 4 aliphatic rings. The minimum absolute atomic E-state index is 0.0283. The molecule has 12 heteroatoms. The fourth-order valence-electron chi connectivity index (χ4n) is 7.81. The van der Waals surface area contributed by atoms with Crippen molar-refractivity contribution in [2.75, 3.05) is 51.3 Å². The van der Waals surface area contributed by atoms with E-state index in [1.54, 1.807) is 17.2 Å². The highest BCUT2D eigenvalue weighted by Gasteiger charge is 2.68. The van der Waals surface area contributed by atoms with Crippen molar-refractivity contribution in [1.82, 2.24) is 25.1 Å². The zero-order valence-electron chi connectivity index (χ0n) is 25.6. The molecule has 0 unspecified atom stereocenters. The second kappa shape index (κ2) is 11.5. The molecule has 2 aromatic rings. The lowest BCUT2D eigenvalue weighted by Gasteiger charge is -2.45. The first kappa shape index (κ1) is 30.6. The van der Waals surface area contributed by atoms with Crippen LogP contribution < -0.4 is 15.0 Å². The van der Waals surface area contributed by atoms with E-state index in [2.05, 4.69) is 20.1 Å². The molecule has 9 nitrogen and oxygen atoms in total. The number of halogens is 3. The summed E-state index contributed by atoms with van der Waals surface area (Å²) in [6, 6.07) is 7.33. The Morgan fingerprint density at radius 1 is 1.07 bits per heavy atom. The van der Waals surface area contributed by atoms with Crippen molar-refractivity contribution < 1.29 is 27.5 Å². The summed E-state index contributed by atoms with van der Waals surface area (Å²) in [5.41, 5.74) is -0.406. The first-order chi connectivity index (χ1) is 21.0. The van der Waals surface area contributed by atoms with Crippen molar-refractivity contribution in [3.8, 4) is 17.1 Å². The molecule has 2 saturated heterocycles. The van der Waals surface area contributed by atoms with Gasteiger partial charge in [-0.2, -0.15) is 13.2 Å². The van der Waals surface area contributed by atoms with Gasteiger partial charge in [0.15, 0.2) is 5.69 Å². The van der Waals surface area contributed by atoms with E-state index in [4.69, 9.17) is 9.72 Å². The van der Waals surface area contributed by atoms with E-state index in [1.807, 2.05) is 39.1 Å². The number of piperazine rings is 1. The fraction of sp³-hybridized carbons (Fsp3) is 0.625. The molecule has 4 fully saturated rings. The van der Waals surface area contributed by atoms with Crippen molar-refractivity contribution in [3.63, 3.8) is 0 Å². The van der Waals surface area contributed by atoms with Gasteiger partial charge in [-0.05, 0) is 76.8 Å². The Morgan fingerprint density at radius 2 is 1.82 bits per heavy atom. The number of amides is 2. The third-order valence-corrected chi connectivity index (χ3v) is 10.3. The average Bonchev–Trinajstić information content (AvgIpc) is 3.60. The molecule has 2 saturated carbocycles. The van der Waals surface area contributed by atoms with E-state index in [-0.39, 0.29) is 43.2 Å². The molecule has 2 bridgehead atoms. The molecule has 6 rings (SSSR count). The zero-order chi connectivity index (χ0) is 31.3. The standard InChI is InChI=1S/C32H41F3N6O3/c1-4-22-19-40(29(43)30-10-12-31(20-30,13-11-30)32(33,34)35)15-16-41(22)25-9-8-24(23-7-6-14-36-28(23)44-5-2)38-26(25)27(42)37-21-17-39(3)18-21/h6-9,14,21-22H,4-5,10-13,15-20H2,1-3H3,(H,37,42)/t22-,30?,31?/m1/s1. The van der Waals surface area contributed by atoms with Crippen LogP contribution in [0.1, 0.15) is 62.9 Å². The molecule has 44 heavy (non-hydrogen) atoms. The second-order valence-electron chi connectivity index (χ2n) is 13.0. The van der Waals surface area contributed by atoms with Crippen molar-refractivity contribution in [1.29, 1.82) is 0 Å². The van der Waals surface area contributed by atoms with Crippen LogP contribution in [0.15, 0.2) is 30.5 Å². The van der Waals surface area contributed by atoms with E-state index in [0.717, 1.165) is 13.1 Å². The highest BCUT2D eigenvalue weighted by atomic mass is 19.4. The Labute approximate surface area is 256 Å². The molecule has 1 N–H and O–H groups in total. The number of likely N-dealkylation sites (tertiary alicyclic amines) is 1. The summed E-state index contributed by atoms with van der Waals surface area (Å²) in [6.07, 6.45) is -1.36. The lowest BCUT2D eigenvalue weighted by atomic mass is 9.81. The molecule has 2 aliphatic carbocycles. The SMILES string of the molecule is CCOc1ncccc1-c1ccc(N2CCN(C(=O)C34CCC(C(F)(F)F)(CC3)C4)C[C@H]2CC)c(C(=O)NC2CN(C)C2)n1. The van der Waals surface area contributed by atoms with Crippen LogP contribution in [-0.4, -0.2) is 96.2 Å². The molecular weight excluding hydrogens is 573 g/mol. The van der Waals surface area contributed by atoms with E-state index >= 15 is 0 Å². The molecule has 1 atom stereocenters. The number of alkyl halides is 3. The number of anilines is 1. The molecule has 0 aromatic carbocycles. The van der Waals surface area contributed by atoms with Crippen LogP contribution in [0.4, 0.5) is 18.9 Å². The number of carbonyl (C=O) groups excluding carboxylic acids is 2. The number of ether oxygens (including phenoxy) is 1. The van der Waals surface area contributed by atoms with Gasteiger partial charge in [-0.15, -0.1) is 0 Å². The number of aromatic nitrogens is 2. The van der Waals surface area contributed by atoms with E-state index in [1.165, 1.54) is 0 Å². The molecular formula is C32H41F3N6O3. The summed E-state index contributed by atoms with van der Waals surface area (Å²) >= 11 is 0. The third-order valence-electron chi connectivity index (χ3n) is 10.3. The number of rotatable bonds is 8. The monoisotopic (exact) mass is 614 g/mol. The van der Waals surface area contributed by atoms with Gasteiger partial charge in [-0.3, -0.25) is 9.59 Å². The normalized spacial score (nSPS) is 27.4. The smallest absolute Gasteiger partial charge is 0.394 e. The minimum Gasteiger partial charge on any atom is -0.477 e. The van der Waals surface area contributed by atoms with Gasteiger partial charge >= 0.3 is 6.18 Å². The lowest BCUT2D eigenvalue weighted by molar-refractivity contribution is -0.220. The summed E-state index contributed by atoms with van der Waals surface area (Å²) < 4.78 is 47.5. The molecule has 2 amide bonds. The number of hydrogen-bond acceptors (Lipinski definition) is 7. The Balaban J connectivity index is 1.26. The largest absolute Gasteiger partial charge is 0.477 e. The zero-order valence-corrected chi connectivity index (χ0v) is 25.6. The Hall–Kier alpha value is -3.41. The Bertz CT molecular complexity index is 1400. The summed E-state index contributed by atoms with van der Waals surface area (Å²) in [4.78, 5) is 42.8. The summed E-state index contributed by atoms with van der Waals surface area (Å²) in [5, 5.41) is 3.12. The van der Waals surface area contributed by atoms with Gasteiger partial charge in [-0.25, -0.2) is 9.97 Å². The second-order valence-corrected chi connectivity index (χ2v) is 13.0. The maximum absolute atomic E-state index is 13.9. The van der Waals surface area contributed by atoms with Crippen LogP contribution in [0.25, 0.3) is 11.3 Å². The lowest BCUT2D eigenvalue weighted by Crippen LogP contribution is -2.58. The summed E-state index contributed by atoms with van der Waals surface area (Å²) in [5.74, 6) is 0.0304. The first-order valence-electron chi connectivity index (χ1n) is 15.7. The fourth-order valence-corrected chi connectivity index (χ4v) is 7.81. The topological polar surface area (TPSA) is 90.9 Å². The minimum atomic E-state index is -4.28. The predicted molar refractivity (Wildman–Crippen MR) is 159 cm³/mol. The maximum atomic E-state index is 13.9. The van der Waals surface area contributed by atoms with Gasteiger partial charge < -0.3 is 24.8 Å².